The molecule has 96 valence electrons. The molecule has 0 aliphatic carbocycles. The van der Waals surface area contributed by atoms with Crippen LogP contribution in [0.25, 0.3) is 0 Å². The van der Waals surface area contributed by atoms with Crippen LogP contribution in [0.2, 0.25) is 0 Å². The van der Waals surface area contributed by atoms with Gasteiger partial charge in [0.05, 0.1) is 11.6 Å². The molecule has 0 bridgehead atoms. The minimum Gasteiger partial charge on any atom is -0.337 e. The first kappa shape index (κ1) is 12.5. The second-order valence-electron chi connectivity index (χ2n) is 4.33. The Labute approximate surface area is 105 Å². The Bertz CT molecular complexity index is 476. The summed E-state index contributed by atoms with van der Waals surface area (Å²) in [7, 11) is 0. The summed E-state index contributed by atoms with van der Waals surface area (Å²) < 4.78 is 13.2. The summed E-state index contributed by atoms with van der Waals surface area (Å²) in [6.07, 6.45) is 1.58. The average molecular weight is 250 g/mol. The molecule has 1 fully saturated rings. The fourth-order valence-corrected chi connectivity index (χ4v) is 2.09. The first-order chi connectivity index (χ1) is 8.63. The van der Waals surface area contributed by atoms with Gasteiger partial charge in [-0.25, -0.2) is 14.1 Å². The van der Waals surface area contributed by atoms with E-state index < -0.39 is 11.8 Å². The van der Waals surface area contributed by atoms with Crippen molar-refractivity contribution in [1.29, 1.82) is 0 Å². The first-order valence-electron chi connectivity index (χ1n) is 6.01. The Morgan fingerprint density at radius 1 is 1.44 bits per heavy atom. The summed E-state index contributed by atoms with van der Waals surface area (Å²) in [5.41, 5.74) is 0.276. The van der Waals surface area contributed by atoms with E-state index >= 15 is 0 Å². The highest BCUT2D eigenvalue weighted by Gasteiger charge is 2.34. The van der Waals surface area contributed by atoms with E-state index in [0.717, 1.165) is 11.3 Å². The van der Waals surface area contributed by atoms with Crippen molar-refractivity contribution in [2.45, 2.75) is 19.8 Å². The van der Waals surface area contributed by atoms with Crippen LogP contribution in [-0.4, -0.2) is 18.5 Å². The molecule has 18 heavy (non-hydrogen) atoms. The Kier molecular flexibility index (Phi) is 3.60. The average Bonchev–Trinajstić information content (AvgIpc) is 2.33. The molecule has 0 saturated carbocycles. The standard InChI is InChI=1S/C13H15FN2O2/c1-2-4-9-8-15-13(18)16(12(9)17)11-6-3-5-10(14)7-11/h3,5-7,9H,2,4,8H2,1H3,(H,15,18). The molecule has 1 N–H and O–H groups in total. The smallest absolute Gasteiger partial charge is 0.328 e. The van der Waals surface area contributed by atoms with Crippen LogP contribution < -0.4 is 10.2 Å². The Balaban J connectivity index is 2.29. The Morgan fingerprint density at radius 3 is 2.89 bits per heavy atom. The number of hydrogen-bond acceptors (Lipinski definition) is 2. The number of nitrogens with one attached hydrogen (secondary N) is 1. The maximum atomic E-state index is 13.2. The molecule has 2 rings (SSSR count). The van der Waals surface area contributed by atoms with Crippen molar-refractivity contribution in [2.24, 2.45) is 5.92 Å². The SMILES string of the molecule is CCCC1CNC(=O)N(c2cccc(F)c2)C1=O. The zero-order chi connectivity index (χ0) is 13.1. The molecule has 5 heteroatoms. The highest BCUT2D eigenvalue weighted by atomic mass is 19.1. The zero-order valence-electron chi connectivity index (χ0n) is 10.1. The lowest BCUT2D eigenvalue weighted by molar-refractivity contribution is -0.122. The van der Waals surface area contributed by atoms with Gasteiger partial charge in [0.15, 0.2) is 0 Å². The van der Waals surface area contributed by atoms with Crippen molar-refractivity contribution in [3.05, 3.63) is 30.1 Å². The molecular formula is C13H15FN2O2. The van der Waals surface area contributed by atoms with Gasteiger partial charge in [-0.1, -0.05) is 19.4 Å². The van der Waals surface area contributed by atoms with Crippen LogP contribution in [0, 0.1) is 11.7 Å². The minimum atomic E-state index is -0.488. The second-order valence-corrected chi connectivity index (χ2v) is 4.33. The number of nitrogens with zero attached hydrogens (tertiary/aromatic N) is 1. The van der Waals surface area contributed by atoms with Crippen LogP contribution >= 0.6 is 0 Å². The highest BCUT2D eigenvalue weighted by molar-refractivity contribution is 6.16. The number of carbonyl (C=O) groups excluding carboxylic acids is 2. The van der Waals surface area contributed by atoms with Gasteiger partial charge in [-0.3, -0.25) is 4.79 Å². The number of amides is 3. The Hall–Kier alpha value is -1.91. The number of halogens is 1. The minimum absolute atomic E-state index is 0.226. The summed E-state index contributed by atoms with van der Waals surface area (Å²) in [5, 5.41) is 2.66. The van der Waals surface area contributed by atoms with Crippen LogP contribution in [0.15, 0.2) is 24.3 Å². The van der Waals surface area contributed by atoms with Crippen LogP contribution in [0.1, 0.15) is 19.8 Å². The predicted octanol–water partition coefficient (Wildman–Crippen LogP) is 2.30. The van der Waals surface area contributed by atoms with E-state index in [4.69, 9.17) is 0 Å². The normalized spacial score (nSPS) is 19.9. The van der Waals surface area contributed by atoms with E-state index in [1.54, 1.807) is 6.07 Å². The maximum Gasteiger partial charge on any atom is 0.328 e. The van der Waals surface area contributed by atoms with E-state index in [9.17, 15) is 14.0 Å². The zero-order valence-corrected chi connectivity index (χ0v) is 10.1. The van der Waals surface area contributed by atoms with Crippen molar-refractivity contribution >= 4 is 17.6 Å². The van der Waals surface area contributed by atoms with E-state index in [-0.39, 0.29) is 17.5 Å². The third-order valence-corrected chi connectivity index (χ3v) is 2.98. The van der Waals surface area contributed by atoms with Gasteiger partial charge in [0, 0.05) is 6.54 Å². The molecule has 0 aromatic heterocycles. The number of hydrogen-bond donors (Lipinski definition) is 1. The molecule has 1 atom stereocenters. The number of urea groups is 1. The summed E-state index contributed by atoms with van der Waals surface area (Å²) in [6.45, 7) is 2.34. The van der Waals surface area contributed by atoms with Crippen molar-refractivity contribution in [3.63, 3.8) is 0 Å². The molecule has 3 amide bonds. The summed E-state index contributed by atoms with van der Waals surface area (Å²) in [6, 6.07) is 5.01. The van der Waals surface area contributed by atoms with Gasteiger partial charge in [0.1, 0.15) is 5.82 Å². The molecule has 1 aliphatic heterocycles. The van der Waals surface area contributed by atoms with Crippen molar-refractivity contribution < 1.29 is 14.0 Å². The van der Waals surface area contributed by atoms with Gasteiger partial charge in [-0.05, 0) is 24.6 Å². The molecule has 4 nitrogen and oxygen atoms in total. The molecule has 1 heterocycles. The van der Waals surface area contributed by atoms with Gasteiger partial charge in [0.2, 0.25) is 5.91 Å². The number of imide groups is 1. The van der Waals surface area contributed by atoms with Crippen LogP contribution in [0.4, 0.5) is 14.9 Å². The fourth-order valence-electron chi connectivity index (χ4n) is 2.09. The van der Waals surface area contributed by atoms with E-state index in [2.05, 4.69) is 5.32 Å². The second kappa shape index (κ2) is 5.16. The van der Waals surface area contributed by atoms with Gasteiger partial charge < -0.3 is 5.32 Å². The molecular weight excluding hydrogens is 235 g/mol. The number of benzene rings is 1. The molecule has 1 aromatic carbocycles. The monoisotopic (exact) mass is 250 g/mol. The largest absolute Gasteiger partial charge is 0.337 e. The Morgan fingerprint density at radius 2 is 2.22 bits per heavy atom. The summed E-state index contributed by atoms with van der Waals surface area (Å²) >= 11 is 0. The molecule has 1 aromatic rings. The van der Waals surface area contributed by atoms with Crippen molar-refractivity contribution in [1.82, 2.24) is 5.32 Å². The predicted molar refractivity (Wildman–Crippen MR) is 65.7 cm³/mol. The van der Waals surface area contributed by atoms with Gasteiger partial charge >= 0.3 is 6.03 Å². The first-order valence-corrected chi connectivity index (χ1v) is 6.01. The van der Waals surface area contributed by atoms with E-state index in [0.29, 0.717) is 13.0 Å². The number of rotatable bonds is 3. The van der Waals surface area contributed by atoms with Crippen molar-refractivity contribution in [2.75, 3.05) is 11.4 Å². The van der Waals surface area contributed by atoms with Gasteiger partial charge in [-0.2, -0.15) is 0 Å². The molecule has 1 aliphatic rings. The van der Waals surface area contributed by atoms with E-state index in [1.165, 1.54) is 18.2 Å². The van der Waals surface area contributed by atoms with Crippen LogP contribution in [0.5, 0.6) is 0 Å². The van der Waals surface area contributed by atoms with Crippen molar-refractivity contribution in [3.8, 4) is 0 Å². The lowest BCUT2D eigenvalue weighted by Crippen LogP contribution is -2.55. The third-order valence-electron chi connectivity index (χ3n) is 2.98. The quantitative estimate of drug-likeness (QED) is 0.894. The van der Waals surface area contributed by atoms with Crippen LogP contribution in [0.3, 0.4) is 0 Å². The van der Waals surface area contributed by atoms with Crippen LogP contribution in [-0.2, 0) is 4.79 Å². The summed E-state index contributed by atoms with van der Waals surface area (Å²) in [4.78, 5) is 24.9. The molecule has 0 spiro atoms. The fraction of sp³-hybridized carbons (Fsp3) is 0.385. The lowest BCUT2D eigenvalue weighted by Gasteiger charge is -2.31. The maximum absolute atomic E-state index is 13.2. The topological polar surface area (TPSA) is 49.4 Å². The van der Waals surface area contributed by atoms with E-state index in [1.807, 2.05) is 6.92 Å². The van der Waals surface area contributed by atoms with Gasteiger partial charge in [0.25, 0.3) is 0 Å². The molecule has 0 radical (unpaired) electrons. The molecule has 1 unspecified atom stereocenters. The number of carbonyl (C=O) groups is 2. The molecule has 1 saturated heterocycles. The summed E-state index contributed by atoms with van der Waals surface area (Å²) in [5.74, 6) is -0.951. The third kappa shape index (κ3) is 2.34. The highest BCUT2D eigenvalue weighted by Crippen LogP contribution is 2.22. The number of anilines is 1. The van der Waals surface area contributed by atoms with Gasteiger partial charge in [-0.15, -0.1) is 0 Å². The lowest BCUT2D eigenvalue weighted by atomic mass is 10.00.